The van der Waals surface area contributed by atoms with Gasteiger partial charge in [-0.05, 0) is 24.1 Å². The summed E-state index contributed by atoms with van der Waals surface area (Å²) in [6.45, 7) is 2.14. The summed E-state index contributed by atoms with van der Waals surface area (Å²) < 4.78 is 0. The molecule has 2 N–H and O–H groups in total. The van der Waals surface area contributed by atoms with Gasteiger partial charge in [0, 0.05) is 6.42 Å². The topological polar surface area (TPSA) is 61.7 Å². The van der Waals surface area contributed by atoms with Crippen LogP contribution in [0.1, 0.15) is 44.6 Å². The van der Waals surface area contributed by atoms with Crippen LogP contribution >= 0.6 is 0 Å². The van der Waals surface area contributed by atoms with Crippen molar-refractivity contribution in [2.75, 3.05) is 0 Å². The summed E-state index contributed by atoms with van der Waals surface area (Å²) in [7, 11) is 0. The number of benzene rings is 1. The number of rotatable bonds is 7. The molecule has 0 heterocycles. The summed E-state index contributed by atoms with van der Waals surface area (Å²) in [4.78, 5) is 11.4. The maximum absolute atomic E-state index is 11.4. The molecule has 0 aliphatic heterocycles. The number of carbonyl (C=O) groups is 1. The first-order valence-electron chi connectivity index (χ1n) is 6.33. The maximum atomic E-state index is 11.4. The lowest BCUT2D eigenvalue weighted by molar-refractivity contribution is -0.121. The lowest BCUT2D eigenvalue weighted by atomic mass is 10.1. The zero-order valence-electron chi connectivity index (χ0n) is 10.7. The van der Waals surface area contributed by atoms with E-state index < -0.39 is 0 Å². The van der Waals surface area contributed by atoms with Crippen LogP contribution in [-0.4, -0.2) is 17.2 Å². The van der Waals surface area contributed by atoms with Gasteiger partial charge < -0.3 is 5.11 Å². The van der Waals surface area contributed by atoms with Gasteiger partial charge in [-0.25, -0.2) is 5.43 Å². The van der Waals surface area contributed by atoms with Crippen LogP contribution in [0.5, 0.6) is 5.75 Å². The Bertz CT molecular complexity index is 403. The first-order chi connectivity index (χ1) is 8.72. The van der Waals surface area contributed by atoms with Crippen LogP contribution in [0.4, 0.5) is 0 Å². The number of hydrogen-bond donors (Lipinski definition) is 2. The van der Waals surface area contributed by atoms with E-state index >= 15 is 0 Å². The summed E-state index contributed by atoms with van der Waals surface area (Å²) in [5.41, 5.74) is 3.23. The first-order valence-corrected chi connectivity index (χ1v) is 6.33. The zero-order valence-corrected chi connectivity index (χ0v) is 10.7. The Hall–Kier alpha value is -1.84. The van der Waals surface area contributed by atoms with Crippen molar-refractivity contribution >= 4 is 12.1 Å². The Morgan fingerprint density at radius 2 is 2.22 bits per heavy atom. The van der Waals surface area contributed by atoms with Crippen molar-refractivity contribution in [2.24, 2.45) is 5.10 Å². The lowest BCUT2D eigenvalue weighted by Gasteiger charge is -1.99. The van der Waals surface area contributed by atoms with E-state index in [2.05, 4.69) is 17.5 Å². The fourth-order valence-corrected chi connectivity index (χ4v) is 1.55. The van der Waals surface area contributed by atoms with Crippen molar-refractivity contribution < 1.29 is 9.90 Å². The summed E-state index contributed by atoms with van der Waals surface area (Å²) in [6.07, 6.45) is 6.35. The average molecular weight is 248 g/mol. The Morgan fingerprint density at radius 3 is 2.94 bits per heavy atom. The summed E-state index contributed by atoms with van der Waals surface area (Å²) in [6, 6.07) is 6.69. The van der Waals surface area contributed by atoms with E-state index in [4.69, 9.17) is 0 Å². The highest BCUT2D eigenvalue weighted by Crippen LogP contribution is 2.08. The Balaban J connectivity index is 2.25. The molecule has 0 aliphatic rings. The molecule has 0 radical (unpaired) electrons. The van der Waals surface area contributed by atoms with Crippen LogP contribution < -0.4 is 5.43 Å². The SMILES string of the molecule is CCCCCCC(=O)NN=Cc1cccc(O)c1. The van der Waals surface area contributed by atoms with E-state index in [1.54, 1.807) is 24.3 Å². The molecule has 98 valence electrons. The van der Waals surface area contributed by atoms with Gasteiger partial charge >= 0.3 is 0 Å². The number of phenols is 1. The number of nitrogens with zero attached hydrogens (tertiary/aromatic N) is 1. The molecule has 0 spiro atoms. The minimum atomic E-state index is -0.0671. The normalized spacial score (nSPS) is 10.7. The largest absolute Gasteiger partial charge is 0.508 e. The summed E-state index contributed by atoms with van der Waals surface area (Å²) in [5.74, 6) is 0.118. The highest BCUT2D eigenvalue weighted by molar-refractivity contribution is 5.82. The predicted molar refractivity (Wildman–Crippen MR) is 72.6 cm³/mol. The molecule has 0 fully saturated rings. The van der Waals surface area contributed by atoms with Gasteiger partial charge in [0.05, 0.1) is 6.21 Å². The molecule has 1 rings (SSSR count). The molecule has 1 amide bonds. The predicted octanol–water partition coefficient (Wildman–Crippen LogP) is 2.81. The van der Waals surface area contributed by atoms with Crippen molar-refractivity contribution in [3.05, 3.63) is 29.8 Å². The van der Waals surface area contributed by atoms with Gasteiger partial charge in [-0.3, -0.25) is 4.79 Å². The van der Waals surface area contributed by atoms with Gasteiger partial charge in [0.15, 0.2) is 0 Å². The van der Waals surface area contributed by atoms with Crippen LogP contribution in [0.15, 0.2) is 29.4 Å². The minimum absolute atomic E-state index is 0.0671. The number of nitrogens with one attached hydrogen (secondary N) is 1. The number of hydrazone groups is 1. The fraction of sp³-hybridized carbons (Fsp3) is 0.429. The van der Waals surface area contributed by atoms with Crippen molar-refractivity contribution in [1.29, 1.82) is 0 Å². The molecule has 0 atom stereocenters. The van der Waals surface area contributed by atoms with Gasteiger partial charge in [-0.1, -0.05) is 38.3 Å². The van der Waals surface area contributed by atoms with Crippen LogP contribution in [0.2, 0.25) is 0 Å². The van der Waals surface area contributed by atoms with Gasteiger partial charge in [0.1, 0.15) is 5.75 Å². The molecule has 0 bridgehead atoms. The third kappa shape index (κ3) is 6.03. The van der Waals surface area contributed by atoms with Crippen molar-refractivity contribution in [1.82, 2.24) is 5.43 Å². The van der Waals surface area contributed by atoms with E-state index in [0.29, 0.717) is 6.42 Å². The quantitative estimate of drug-likeness (QED) is 0.443. The average Bonchev–Trinajstić information content (AvgIpc) is 2.35. The highest BCUT2D eigenvalue weighted by atomic mass is 16.3. The van der Waals surface area contributed by atoms with Crippen LogP contribution in [0.3, 0.4) is 0 Å². The Morgan fingerprint density at radius 1 is 1.39 bits per heavy atom. The van der Waals surface area contributed by atoms with Crippen LogP contribution in [-0.2, 0) is 4.79 Å². The number of unbranched alkanes of at least 4 members (excludes halogenated alkanes) is 3. The van der Waals surface area contributed by atoms with Gasteiger partial charge in [-0.15, -0.1) is 0 Å². The molecule has 0 saturated carbocycles. The molecule has 18 heavy (non-hydrogen) atoms. The van der Waals surface area contributed by atoms with E-state index in [0.717, 1.165) is 24.8 Å². The van der Waals surface area contributed by atoms with Crippen LogP contribution in [0, 0.1) is 0 Å². The monoisotopic (exact) mass is 248 g/mol. The fourth-order valence-electron chi connectivity index (χ4n) is 1.55. The molecule has 1 aromatic carbocycles. The second kappa shape index (κ2) is 8.28. The zero-order chi connectivity index (χ0) is 13.2. The summed E-state index contributed by atoms with van der Waals surface area (Å²) in [5, 5.41) is 13.1. The third-order valence-corrected chi connectivity index (χ3v) is 2.53. The smallest absolute Gasteiger partial charge is 0.240 e. The second-order valence-electron chi connectivity index (χ2n) is 4.20. The minimum Gasteiger partial charge on any atom is -0.508 e. The van der Waals surface area contributed by atoms with Gasteiger partial charge in [-0.2, -0.15) is 5.10 Å². The maximum Gasteiger partial charge on any atom is 0.240 e. The van der Waals surface area contributed by atoms with Crippen molar-refractivity contribution in [3.8, 4) is 5.75 Å². The number of aromatic hydroxyl groups is 1. The molecule has 4 nitrogen and oxygen atoms in total. The van der Waals surface area contributed by atoms with Crippen molar-refractivity contribution in [2.45, 2.75) is 39.0 Å². The second-order valence-corrected chi connectivity index (χ2v) is 4.20. The lowest BCUT2D eigenvalue weighted by Crippen LogP contribution is -2.16. The van der Waals surface area contributed by atoms with Crippen LogP contribution in [0.25, 0.3) is 0 Å². The number of amides is 1. The molecule has 0 aliphatic carbocycles. The molecule has 0 saturated heterocycles. The standard InChI is InChI=1S/C14H20N2O2/c1-2-3-4-5-9-14(18)16-15-11-12-7-6-8-13(17)10-12/h6-8,10-11,17H,2-5,9H2,1H3,(H,16,18). The highest BCUT2D eigenvalue weighted by Gasteiger charge is 1.98. The van der Waals surface area contributed by atoms with E-state index in [9.17, 15) is 9.90 Å². The molecule has 0 unspecified atom stereocenters. The van der Waals surface area contributed by atoms with E-state index in [1.165, 1.54) is 12.6 Å². The van der Waals surface area contributed by atoms with E-state index in [-0.39, 0.29) is 11.7 Å². The van der Waals surface area contributed by atoms with Gasteiger partial charge in [0.2, 0.25) is 5.91 Å². The molecular weight excluding hydrogens is 228 g/mol. The molecule has 4 heteroatoms. The van der Waals surface area contributed by atoms with E-state index in [1.807, 2.05) is 0 Å². The number of hydrogen-bond acceptors (Lipinski definition) is 3. The number of phenolic OH excluding ortho intramolecular Hbond substituents is 1. The summed E-state index contributed by atoms with van der Waals surface area (Å²) >= 11 is 0. The Kier molecular flexibility index (Phi) is 6.54. The number of carbonyl (C=O) groups excluding carboxylic acids is 1. The van der Waals surface area contributed by atoms with Gasteiger partial charge in [0.25, 0.3) is 0 Å². The molecule has 0 aromatic heterocycles. The third-order valence-electron chi connectivity index (χ3n) is 2.53. The Labute approximate surface area is 108 Å². The first kappa shape index (κ1) is 14.2. The molecular formula is C14H20N2O2. The molecule has 1 aromatic rings. The van der Waals surface area contributed by atoms with Crippen molar-refractivity contribution in [3.63, 3.8) is 0 Å².